The SMILES string of the molecule is CC(NCCc1ccc(O)cc1)c1cc(Br)ccc1F. The van der Waals surface area contributed by atoms with E-state index in [0.29, 0.717) is 5.56 Å². The molecule has 1 atom stereocenters. The molecule has 0 aliphatic rings. The first-order chi connectivity index (χ1) is 9.56. The quantitative estimate of drug-likeness (QED) is 0.857. The number of halogens is 2. The van der Waals surface area contributed by atoms with Crippen LogP contribution in [0.2, 0.25) is 0 Å². The van der Waals surface area contributed by atoms with Gasteiger partial charge in [-0.3, -0.25) is 0 Å². The first-order valence-electron chi connectivity index (χ1n) is 6.52. The van der Waals surface area contributed by atoms with Crippen molar-refractivity contribution in [2.24, 2.45) is 0 Å². The molecule has 0 heterocycles. The maximum absolute atomic E-state index is 13.7. The van der Waals surface area contributed by atoms with E-state index in [1.165, 1.54) is 6.07 Å². The first kappa shape index (κ1) is 15.0. The van der Waals surface area contributed by atoms with Gasteiger partial charge in [-0.05, 0) is 55.8 Å². The molecule has 2 aromatic carbocycles. The van der Waals surface area contributed by atoms with E-state index in [0.717, 1.165) is 23.0 Å². The molecule has 4 heteroatoms. The lowest BCUT2D eigenvalue weighted by Gasteiger charge is -2.15. The lowest BCUT2D eigenvalue weighted by atomic mass is 10.1. The second kappa shape index (κ2) is 6.86. The monoisotopic (exact) mass is 337 g/mol. The molecule has 0 fully saturated rings. The fourth-order valence-electron chi connectivity index (χ4n) is 2.05. The van der Waals surface area contributed by atoms with Crippen molar-refractivity contribution in [3.8, 4) is 5.75 Å². The van der Waals surface area contributed by atoms with Crippen LogP contribution >= 0.6 is 15.9 Å². The van der Waals surface area contributed by atoms with Gasteiger partial charge in [-0.1, -0.05) is 28.1 Å². The number of aromatic hydroxyl groups is 1. The summed E-state index contributed by atoms with van der Waals surface area (Å²) in [6.07, 6.45) is 0.834. The van der Waals surface area contributed by atoms with E-state index < -0.39 is 0 Å². The average Bonchev–Trinajstić information content (AvgIpc) is 2.43. The molecule has 0 aliphatic heterocycles. The third-order valence-corrected chi connectivity index (χ3v) is 3.72. The molecule has 2 rings (SSSR count). The fraction of sp³-hybridized carbons (Fsp3) is 0.250. The maximum Gasteiger partial charge on any atom is 0.128 e. The van der Waals surface area contributed by atoms with Crippen LogP contribution in [0.25, 0.3) is 0 Å². The summed E-state index contributed by atoms with van der Waals surface area (Å²) in [6.45, 7) is 2.69. The van der Waals surface area contributed by atoms with Gasteiger partial charge in [-0.15, -0.1) is 0 Å². The van der Waals surface area contributed by atoms with Gasteiger partial charge in [0.1, 0.15) is 11.6 Å². The van der Waals surface area contributed by atoms with E-state index in [2.05, 4.69) is 21.2 Å². The number of hydrogen-bond acceptors (Lipinski definition) is 2. The summed E-state index contributed by atoms with van der Waals surface area (Å²) in [5, 5.41) is 12.5. The fourth-order valence-corrected chi connectivity index (χ4v) is 2.43. The number of benzene rings is 2. The van der Waals surface area contributed by atoms with Crippen LogP contribution in [0.4, 0.5) is 4.39 Å². The van der Waals surface area contributed by atoms with Gasteiger partial charge in [0.05, 0.1) is 0 Å². The summed E-state index contributed by atoms with van der Waals surface area (Å²) in [7, 11) is 0. The van der Waals surface area contributed by atoms with E-state index in [-0.39, 0.29) is 17.6 Å². The van der Waals surface area contributed by atoms with Crippen LogP contribution < -0.4 is 5.32 Å². The molecular weight excluding hydrogens is 321 g/mol. The molecule has 0 aliphatic carbocycles. The normalized spacial score (nSPS) is 12.3. The Morgan fingerprint density at radius 2 is 1.90 bits per heavy atom. The molecule has 0 saturated carbocycles. The van der Waals surface area contributed by atoms with Crippen LogP contribution in [0.5, 0.6) is 5.75 Å². The summed E-state index contributed by atoms with van der Waals surface area (Å²) in [5.74, 6) is 0.0733. The zero-order valence-electron chi connectivity index (χ0n) is 11.2. The Morgan fingerprint density at radius 3 is 2.60 bits per heavy atom. The Hall–Kier alpha value is -1.39. The summed E-state index contributed by atoms with van der Waals surface area (Å²) >= 11 is 3.36. The van der Waals surface area contributed by atoms with Crippen LogP contribution in [0.3, 0.4) is 0 Å². The highest BCUT2D eigenvalue weighted by molar-refractivity contribution is 9.10. The summed E-state index contributed by atoms with van der Waals surface area (Å²) in [4.78, 5) is 0. The largest absolute Gasteiger partial charge is 0.508 e. The Kier molecular flexibility index (Phi) is 5.15. The molecule has 0 bridgehead atoms. The third-order valence-electron chi connectivity index (χ3n) is 3.23. The Labute approximate surface area is 126 Å². The Morgan fingerprint density at radius 1 is 1.20 bits per heavy atom. The molecule has 106 valence electrons. The smallest absolute Gasteiger partial charge is 0.128 e. The van der Waals surface area contributed by atoms with Gasteiger partial charge in [0.25, 0.3) is 0 Å². The third kappa shape index (κ3) is 4.05. The van der Waals surface area contributed by atoms with E-state index in [9.17, 15) is 9.50 Å². The van der Waals surface area contributed by atoms with Crippen LogP contribution in [0.1, 0.15) is 24.1 Å². The standard InChI is InChI=1S/C16H17BrFNO/c1-11(15-10-13(17)4-7-16(15)18)19-9-8-12-2-5-14(20)6-3-12/h2-7,10-11,19-20H,8-9H2,1H3. The van der Waals surface area contributed by atoms with Gasteiger partial charge in [-0.2, -0.15) is 0 Å². The predicted molar refractivity (Wildman–Crippen MR) is 82.3 cm³/mol. The topological polar surface area (TPSA) is 32.3 Å². The van der Waals surface area contributed by atoms with Crippen molar-refractivity contribution in [2.45, 2.75) is 19.4 Å². The molecule has 1 unspecified atom stereocenters. The molecule has 20 heavy (non-hydrogen) atoms. The lowest BCUT2D eigenvalue weighted by molar-refractivity contribution is 0.475. The van der Waals surface area contributed by atoms with E-state index in [1.54, 1.807) is 24.3 Å². The zero-order chi connectivity index (χ0) is 14.5. The predicted octanol–water partition coefficient (Wildman–Crippen LogP) is 4.19. The van der Waals surface area contributed by atoms with Gasteiger partial charge in [0, 0.05) is 16.1 Å². The van der Waals surface area contributed by atoms with Crippen LogP contribution in [-0.2, 0) is 6.42 Å². The number of rotatable bonds is 5. The average molecular weight is 338 g/mol. The van der Waals surface area contributed by atoms with Crippen molar-refractivity contribution in [1.82, 2.24) is 5.32 Å². The number of nitrogens with one attached hydrogen (secondary N) is 1. The molecule has 0 spiro atoms. The van der Waals surface area contributed by atoms with Gasteiger partial charge >= 0.3 is 0 Å². The van der Waals surface area contributed by atoms with Crippen molar-refractivity contribution in [3.63, 3.8) is 0 Å². The molecule has 2 nitrogen and oxygen atoms in total. The highest BCUT2D eigenvalue weighted by Gasteiger charge is 2.10. The molecule has 2 N–H and O–H groups in total. The number of phenols is 1. The van der Waals surface area contributed by atoms with Crippen molar-refractivity contribution >= 4 is 15.9 Å². The molecule has 0 saturated heterocycles. The minimum Gasteiger partial charge on any atom is -0.508 e. The Balaban J connectivity index is 1.90. The minimum atomic E-state index is -0.196. The molecular formula is C16H17BrFNO. The van der Waals surface area contributed by atoms with Gasteiger partial charge in [0.15, 0.2) is 0 Å². The van der Waals surface area contributed by atoms with Gasteiger partial charge in [0.2, 0.25) is 0 Å². The molecule has 2 aromatic rings. The summed E-state index contributed by atoms with van der Waals surface area (Å²) < 4.78 is 14.6. The Bertz CT molecular complexity index is 571. The van der Waals surface area contributed by atoms with Crippen molar-refractivity contribution < 1.29 is 9.50 Å². The zero-order valence-corrected chi connectivity index (χ0v) is 12.8. The minimum absolute atomic E-state index is 0.0513. The molecule has 0 radical (unpaired) electrons. The lowest BCUT2D eigenvalue weighted by Crippen LogP contribution is -2.22. The highest BCUT2D eigenvalue weighted by atomic mass is 79.9. The second-order valence-corrected chi connectivity index (χ2v) is 5.67. The van der Waals surface area contributed by atoms with Crippen LogP contribution in [-0.4, -0.2) is 11.7 Å². The highest BCUT2D eigenvalue weighted by Crippen LogP contribution is 2.21. The number of phenolic OH excluding ortho intramolecular Hbond substituents is 1. The molecule has 0 amide bonds. The molecule has 0 aromatic heterocycles. The van der Waals surface area contributed by atoms with Crippen LogP contribution in [0.15, 0.2) is 46.9 Å². The van der Waals surface area contributed by atoms with E-state index in [1.807, 2.05) is 19.1 Å². The van der Waals surface area contributed by atoms with Gasteiger partial charge < -0.3 is 10.4 Å². The summed E-state index contributed by atoms with van der Waals surface area (Å²) in [5.41, 5.74) is 1.79. The number of hydrogen-bond donors (Lipinski definition) is 2. The van der Waals surface area contributed by atoms with Crippen molar-refractivity contribution in [2.75, 3.05) is 6.54 Å². The van der Waals surface area contributed by atoms with Crippen LogP contribution in [0, 0.1) is 5.82 Å². The van der Waals surface area contributed by atoms with Crippen molar-refractivity contribution in [1.29, 1.82) is 0 Å². The van der Waals surface area contributed by atoms with E-state index in [4.69, 9.17) is 0 Å². The second-order valence-electron chi connectivity index (χ2n) is 4.76. The first-order valence-corrected chi connectivity index (χ1v) is 7.32. The maximum atomic E-state index is 13.7. The van der Waals surface area contributed by atoms with Gasteiger partial charge in [-0.25, -0.2) is 4.39 Å². The summed E-state index contributed by atoms with van der Waals surface area (Å²) in [6, 6.07) is 12.0. The van der Waals surface area contributed by atoms with Crippen molar-refractivity contribution in [3.05, 3.63) is 63.9 Å². The van der Waals surface area contributed by atoms with E-state index >= 15 is 0 Å².